The lowest BCUT2D eigenvalue weighted by atomic mass is 10.0. The Morgan fingerprint density at radius 1 is 0.897 bits per heavy atom. The maximum atomic E-state index is 10.5. The average Bonchev–Trinajstić information content (AvgIpc) is 3.18. The number of nitrogens with one attached hydrogen (secondary N) is 1. The highest BCUT2D eigenvalue weighted by atomic mass is 16.3. The highest BCUT2D eigenvalue weighted by molar-refractivity contribution is 5.85. The van der Waals surface area contributed by atoms with Crippen molar-refractivity contribution >= 4 is 16.7 Å². The van der Waals surface area contributed by atoms with Gasteiger partial charge in [-0.25, -0.2) is 4.98 Å². The summed E-state index contributed by atoms with van der Waals surface area (Å²) in [7, 11) is 2.16. The lowest BCUT2D eigenvalue weighted by Crippen LogP contribution is -2.44. The standard InChI is InChI=1S/C23H23N5O/c1-27-10-12-28(13-11-27)18-3-4-20-21(15-18)26-23(25-20)19-14-17(2-5-22(19)29)16-6-8-24-9-7-16/h2-9,14-15,29H,10-13H2,1H3,(H,25,26). The van der Waals surface area contributed by atoms with E-state index in [1.165, 1.54) is 5.69 Å². The predicted octanol–water partition coefficient (Wildman–Crippen LogP) is 3.75. The fourth-order valence-corrected chi connectivity index (χ4v) is 3.84. The van der Waals surface area contributed by atoms with Gasteiger partial charge in [0.2, 0.25) is 0 Å². The van der Waals surface area contributed by atoms with E-state index in [0.29, 0.717) is 11.4 Å². The summed E-state index contributed by atoms with van der Waals surface area (Å²) in [5.41, 5.74) is 5.83. The summed E-state index contributed by atoms with van der Waals surface area (Å²) in [6, 6.07) is 15.8. The van der Waals surface area contributed by atoms with Crippen LogP contribution in [-0.2, 0) is 0 Å². The van der Waals surface area contributed by atoms with Gasteiger partial charge in [-0.3, -0.25) is 4.98 Å². The predicted molar refractivity (Wildman–Crippen MR) is 116 cm³/mol. The lowest BCUT2D eigenvalue weighted by Gasteiger charge is -2.34. The largest absolute Gasteiger partial charge is 0.507 e. The Morgan fingerprint density at radius 2 is 1.69 bits per heavy atom. The van der Waals surface area contributed by atoms with Crippen molar-refractivity contribution in [3.63, 3.8) is 0 Å². The molecule has 1 aliphatic heterocycles. The quantitative estimate of drug-likeness (QED) is 0.562. The molecule has 1 fully saturated rings. The molecule has 0 saturated carbocycles. The molecule has 4 aromatic rings. The van der Waals surface area contributed by atoms with Crippen LogP contribution in [0.2, 0.25) is 0 Å². The lowest BCUT2D eigenvalue weighted by molar-refractivity contribution is 0.313. The van der Waals surface area contributed by atoms with Gasteiger partial charge < -0.3 is 19.9 Å². The van der Waals surface area contributed by atoms with E-state index in [0.717, 1.165) is 48.3 Å². The number of aromatic nitrogens is 3. The van der Waals surface area contributed by atoms with Crippen LogP contribution < -0.4 is 4.90 Å². The van der Waals surface area contributed by atoms with E-state index >= 15 is 0 Å². The van der Waals surface area contributed by atoms with E-state index < -0.39 is 0 Å². The van der Waals surface area contributed by atoms with Gasteiger partial charge in [0.25, 0.3) is 0 Å². The van der Waals surface area contributed by atoms with Crippen LogP contribution in [0.25, 0.3) is 33.5 Å². The zero-order chi connectivity index (χ0) is 19.8. The number of pyridine rings is 1. The Morgan fingerprint density at radius 3 is 2.48 bits per heavy atom. The Balaban J connectivity index is 1.51. The van der Waals surface area contributed by atoms with Crippen LogP contribution in [-0.4, -0.2) is 58.2 Å². The van der Waals surface area contributed by atoms with Crippen molar-refractivity contribution in [2.75, 3.05) is 38.1 Å². The van der Waals surface area contributed by atoms with Gasteiger partial charge in [0.05, 0.1) is 16.6 Å². The second kappa shape index (κ2) is 7.22. The first-order valence-corrected chi connectivity index (χ1v) is 9.84. The van der Waals surface area contributed by atoms with E-state index in [1.54, 1.807) is 18.5 Å². The summed E-state index contributed by atoms with van der Waals surface area (Å²) in [6.45, 7) is 4.19. The zero-order valence-corrected chi connectivity index (χ0v) is 16.3. The number of anilines is 1. The topological polar surface area (TPSA) is 68.3 Å². The van der Waals surface area contributed by atoms with Crippen molar-refractivity contribution in [1.82, 2.24) is 19.9 Å². The summed E-state index contributed by atoms with van der Waals surface area (Å²) < 4.78 is 0. The normalized spacial score (nSPS) is 15.1. The average molecular weight is 385 g/mol. The molecule has 3 heterocycles. The highest BCUT2D eigenvalue weighted by Crippen LogP contribution is 2.33. The SMILES string of the molecule is CN1CCN(c2ccc3nc(-c4cc(-c5ccncc5)ccc4O)[nH]c3c2)CC1. The van der Waals surface area contributed by atoms with Gasteiger partial charge in [-0.15, -0.1) is 0 Å². The second-order valence-electron chi connectivity index (χ2n) is 7.55. The van der Waals surface area contributed by atoms with Crippen LogP contribution in [0.1, 0.15) is 0 Å². The van der Waals surface area contributed by atoms with Gasteiger partial charge in [0.1, 0.15) is 11.6 Å². The molecule has 5 rings (SSSR count). The molecular formula is C23H23N5O. The third-order valence-corrected chi connectivity index (χ3v) is 5.60. The molecular weight excluding hydrogens is 362 g/mol. The molecule has 0 bridgehead atoms. The Hall–Kier alpha value is -3.38. The minimum atomic E-state index is 0.209. The summed E-state index contributed by atoms with van der Waals surface area (Å²) >= 11 is 0. The minimum absolute atomic E-state index is 0.209. The molecule has 0 unspecified atom stereocenters. The number of fused-ring (bicyclic) bond motifs is 1. The van der Waals surface area contributed by atoms with Crippen LogP contribution >= 0.6 is 0 Å². The van der Waals surface area contributed by atoms with Crippen LogP contribution in [0.15, 0.2) is 60.9 Å². The number of likely N-dealkylation sites (N-methyl/N-ethyl adjacent to an activating group) is 1. The molecule has 6 nitrogen and oxygen atoms in total. The molecule has 2 aromatic carbocycles. The van der Waals surface area contributed by atoms with Crippen LogP contribution in [0, 0.1) is 0 Å². The number of piperazine rings is 1. The van der Waals surface area contributed by atoms with Crippen LogP contribution in [0.3, 0.4) is 0 Å². The highest BCUT2D eigenvalue weighted by Gasteiger charge is 2.16. The van der Waals surface area contributed by atoms with Crippen molar-refractivity contribution < 1.29 is 5.11 Å². The number of benzene rings is 2. The summed E-state index contributed by atoms with van der Waals surface area (Å²) in [5.74, 6) is 0.880. The molecule has 6 heteroatoms. The smallest absolute Gasteiger partial charge is 0.142 e. The van der Waals surface area contributed by atoms with E-state index in [-0.39, 0.29) is 5.75 Å². The number of phenols is 1. The number of imidazole rings is 1. The maximum absolute atomic E-state index is 10.5. The molecule has 0 spiro atoms. The number of phenolic OH excluding ortho intramolecular Hbond substituents is 1. The molecule has 0 atom stereocenters. The molecule has 146 valence electrons. The molecule has 2 N–H and O–H groups in total. The minimum Gasteiger partial charge on any atom is -0.507 e. The Kier molecular flexibility index (Phi) is 4.41. The first kappa shape index (κ1) is 17.7. The summed E-state index contributed by atoms with van der Waals surface area (Å²) in [5, 5.41) is 10.5. The number of aromatic hydroxyl groups is 1. The molecule has 0 amide bonds. The van der Waals surface area contributed by atoms with Gasteiger partial charge in [-0.1, -0.05) is 6.07 Å². The third-order valence-electron chi connectivity index (χ3n) is 5.60. The molecule has 29 heavy (non-hydrogen) atoms. The number of aromatic amines is 1. The molecule has 2 aromatic heterocycles. The number of hydrogen-bond donors (Lipinski definition) is 2. The van der Waals surface area contributed by atoms with Crippen molar-refractivity contribution in [2.24, 2.45) is 0 Å². The van der Waals surface area contributed by atoms with Crippen molar-refractivity contribution in [2.45, 2.75) is 0 Å². The van der Waals surface area contributed by atoms with Gasteiger partial charge in [0, 0.05) is 44.3 Å². The van der Waals surface area contributed by atoms with Gasteiger partial charge >= 0.3 is 0 Å². The maximum Gasteiger partial charge on any atom is 0.142 e. The second-order valence-corrected chi connectivity index (χ2v) is 7.55. The number of H-pyrrole nitrogens is 1. The van der Waals surface area contributed by atoms with E-state index in [1.807, 2.05) is 30.3 Å². The fourth-order valence-electron chi connectivity index (χ4n) is 3.84. The Labute approximate surface area is 169 Å². The van der Waals surface area contributed by atoms with Crippen molar-refractivity contribution in [3.05, 3.63) is 60.9 Å². The number of nitrogens with zero attached hydrogens (tertiary/aromatic N) is 4. The molecule has 0 radical (unpaired) electrons. The molecule has 0 aliphatic carbocycles. The fraction of sp³-hybridized carbons (Fsp3) is 0.217. The van der Waals surface area contributed by atoms with Crippen LogP contribution in [0.5, 0.6) is 5.75 Å². The number of rotatable bonds is 3. The van der Waals surface area contributed by atoms with E-state index in [9.17, 15) is 5.11 Å². The zero-order valence-electron chi connectivity index (χ0n) is 16.3. The Bertz CT molecular complexity index is 1150. The van der Waals surface area contributed by atoms with Crippen molar-refractivity contribution in [1.29, 1.82) is 0 Å². The van der Waals surface area contributed by atoms with Gasteiger partial charge in [-0.2, -0.15) is 0 Å². The molecule has 1 aliphatic rings. The molecule has 1 saturated heterocycles. The summed E-state index contributed by atoms with van der Waals surface area (Å²) in [4.78, 5) is 16.9. The van der Waals surface area contributed by atoms with E-state index in [4.69, 9.17) is 4.98 Å². The van der Waals surface area contributed by atoms with Crippen LogP contribution in [0.4, 0.5) is 5.69 Å². The monoisotopic (exact) mass is 385 g/mol. The summed E-state index contributed by atoms with van der Waals surface area (Å²) in [6.07, 6.45) is 3.53. The first-order valence-electron chi connectivity index (χ1n) is 9.84. The van der Waals surface area contributed by atoms with Gasteiger partial charge in [0.15, 0.2) is 0 Å². The first-order chi connectivity index (χ1) is 14.2. The number of hydrogen-bond acceptors (Lipinski definition) is 5. The van der Waals surface area contributed by atoms with E-state index in [2.05, 4.69) is 38.9 Å². The van der Waals surface area contributed by atoms with Crippen molar-refractivity contribution in [3.8, 4) is 28.3 Å². The van der Waals surface area contributed by atoms with Gasteiger partial charge in [-0.05, 0) is 60.6 Å². The third kappa shape index (κ3) is 3.43.